The third-order valence-electron chi connectivity index (χ3n) is 12.5. The topological polar surface area (TPSA) is 446 Å². The zero-order chi connectivity index (χ0) is 53.3. The number of carboxylic acids is 3. The van der Waals surface area contributed by atoms with Crippen LogP contribution in [0.5, 0.6) is 0 Å². The lowest BCUT2D eigenvalue weighted by atomic mass is 9.98. The molecule has 3 fully saturated rings. The summed E-state index contributed by atoms with van der Waals surface area (Å²) in [5.74, 6) is -14.6. The molecule has 0 aromatic rings. The van der Waals surface area contributed by atoms with Crippen LogP contribution in [0.25, 0.3) is 0 Å². The molecule has 28 heteroatoms. The summed E-state index contributed by atoms with van der Waals surface area (Å²) < 4.78 is 0. The van der Waals surface area contributed by atoms with Crippen LogP contribution in [0.2, 0.25) is 0 Å². The molecular weight excluding hydrogens is 943 g/mol. The van der Waals surface area contributed by atoms with E-state index in [-0.39, 0.29) is 38.8 Å². The van der Waals surface area contributed by atoms with Gasteiger partial charge in [0.05, 0.1) is 25.0 Å². The van der Waals surface area contributed by atoms with Crippen molar-refractivity contribution in [3.05, 3.63) is 0 Å². The predicted molar refractivity (Wildman–Crippen MR) is 242 cm³/mol. The van der Waals surface area contributed by atoms with Gasteiger partial charge in [0.15, 0.2) is 0 Å². The Hall–Kier alpha value is -6.97. The molecule has 3 heterocycles. The highest BCUT2D eigenvalue weighted by Crippen LogP contribution is 2.23. The minimum atomic E-state index is -1.80. The number of amides is 10. The second-order valence-electron chi connectivity index (χ2n) is 17.9. The van der Waals surface area contributed by atoms with Crippen LogP contribution < -0.4 is 48.7 Å². The van der Waals surface area contributed by atoms with E-state index in [1.807, 2.05) is 0 Å². The molecule has 0 unspecified atom stereocenters. The lowest BCUT2D eigenvalue weighted by Gasteiger charge is -2.32. The molecule has 3 aliphatic rings. The van der Waals surface area contributed by atoms with Gasteiger partial charge in [-0.1, -0.05) is 20.3 Å². The number of aliphatic hydroxyl groups excluding tert-OH is 1. The maximum Gasteiger partial charge on any atom is 0.326 e. The van der Waals surface area contributed by atoms with Gasteiger partial charge in [0.1, 0.15) is 48.3 Å². The molecule has 396 valence electrons. The molecule has 0 bridgehead atoms. The number of hydrogen-bond donors (Lipinski definition) is 13. The average Bonchev–Trinajstić information content (AvgIpc) is 4.11. The summed E-state index contributed by atoms with van der Waals surface area (Å²) in [5.41, 5.74) is 10.8. The van der Waals surface area contributed by atoms with E-state index in [0.29, 0.717) is 25.8 Å². The number of carboxylic acid groups (broad SMARTS) is 3. The predicted octanol–water partition coefficient (Wildman–Crippen LogP) is -5.38. The van der Waals surface area contributed by atoms with E-state index in [0.717, 1.165) is 9.80 Å². The second-order valence-corrected chi connectivity index (χ2v) is 17.9. The first-order valence-corrected chi connectivity index (χ1v) is 23.4. The molecule has 0 aliphatic carbocycles. The molecule has 3 aliphatic heterocycles. The Labute approximate surface area is 407 Å². The first kappa shape index (κ1) is 58.3. The van der Waals surface area contributed by atoms with Gasteiger partial charge in [-0.15, -0.1) is 0 Å². The number of carbonyl (C=O) groups excluding carboxylic acids is 10. The number of nitrogens with two attached hydrogens (primary N) is 2. The number of rotatable bonds is 28. The van der Waals surface area contributed by atoms with E-state index in [9.17, 15) is 82.8 Å². The monoisotopic (exact) mass is 1010 g/mol. The fourth-order valence-electron chi connectivity index (χ4n) is 8.45. The van der Waals surface area contributed by atoms with Crippen molar-refractivity contribution in [1.29, 1.82) is 0 Å². The number of aliphatic hydroxyl groups is 1. The maximum atomic E-state index is 14.2. The molecule has 0 aromatic carbocycles. The first-order chi connectivity index (χ1) is 33.4. The largest absolute Gasteiger partial charge is 0.481 e. The van der Waals surface area contributed by atoms with Crippen molar-refractivity contribution >= 4 is 77.0 Å². The lowest BCUT2D eigenvalue weighted by Crippen LogP contribution is -2.61. The lowest BCUT2D eigenvalue weighted by molar-refractivity contribution is -0.147. The van der Waals surface area contributed by atoms with Crippen LogP contribution in [0.1, 0.15) is 104 Å². The van der Waals surface area contributed by atoms with Crippen LogP contribution in [0.4, 0.5) is 0 Å². The van der Waals surface area contributed by atoms with Crippen molar-refractivity contribution in [2.75, 3.05) is 19.6 Å². The van der Waals surface area contributed by atoms with Crippen molar-refractivity contribution in [3.63, 3.8) is 0 Å². The Bertz CT molecular complexity index is 2030. The highest BCUT2D eigenvalue weighted by Gasteiger charge is 2.44. The zero-order valence-electron chi connectivity index (χ0n) is 39.8. The van der Waals surface area contributed by atoms with E-state index >= 15 is 0 Å². The number of nitrogens with zero attached hydrogens (tertiary/aromatic N) is 2. The third-order valence-corrected chi connectivity index (χ3v) is 12.5. The maximum absolute atomic E-state index is 14.2. The second kappa shape index (κ2) is 27.4. The Balaban J connectivity index is 1.81. The van der Waals surface area contributed by atoms with Gasteiger partial charge in [-0.3, -0.25) is 57.5 Å². The first-order valence-electron chi connectivity index (χ1n) is 23.4. The van der Waals surface area contributed by atoms with Gasteiger partial charge in [-0.2, -0.15) is 0 Å². The fraction of sp³-hybridized carbons (Fsp3) is 0.698. The van der Waals surface area contributed by atoms with E-state index in [4.69, 9.17) is 11.5 Å². The Morgan fingerprint density at radius 3 is 1.55 bits per heavy atom. The van der Waals surface area contributed by atoms with Gasteiger partial charge in [0, 0.05) is 25.9 Å². The van der Waals surface area contributed by atoms with Gasteiger partial charge in [-0.25, -0.2) is 4.79 Å². The molecule has 71 heavy (non-hydrogen) atoms. The Morgan fingerprint density at radius 2 is 1.08 bits per heavy atom. The number of hydrogen-bond acceptors (Lipinski definition) is 15. The van der Waals surface area contributed by atoms with Crippen molar-refractivity contribution in [2.45, 2.75) is 165 Å². The van der Waals surface area contributed by atoms with E-state index < -0.39 is 182 Å². The van der Waals surface area contributed by atoms with Crippen LogP contribution in [0.15, 0.2) is 0 Å². The molecule has 28 nitrogen and oxygen atoms in total. The standard InChI is InChI=1S/C43H67N11O17/c1-4-20(2)33(43(70)71)51-37(64)24(12-14-31(58)59)47-36(63)23(11-13-29(44)56)48-38(65)27-9-6-16-53(27)41(68)25(18-30(45)57)49-39(66)28-10-7-17-54(28)42(69)26(19-32(60)61)50-40(67)34(21(3)55)52-35(62)22-8-5-15-46-22/h20-28,33-34,46,55H,4-19H2,1-3H3,(H2,44,56)(H2,45,57)(H,47,63)(H,48,65)(H,49,66)(H,50,67)(H,51,64)(H,52,62)(H,58,59)(H,60,61)(H,70,71)/t20-,21+,22-,23-,24-,25-,26-,27-,28-,33-,34-/m0/s1. The molecule has 3 rings (SSSR count). The van der Waals surface area contributed by atoms with E-state index in [2.05, 4.69) is 37.2 Å². The smallest absolute Gasteiger partial charge is 0.326 e. The zero-order valence-corrected chi connectivity index (χ0v) is 39.8. The molecule has 11 atom stereocenters. The molecule has 15 N–H and O–H groups in total. The summed E-state index contributed by atoms with van der Waals surface area (Å²) in [6.07, 6.45) is -3.54. The number of aliphatic carboxylic acids is 3. The van der Waals surface area contributed by atoms with Crippen molar-refractivity contribution in [3.8, 4) is 0 Å². The van der Waals surface area contributed by atoms with E-state index in [1.54, 1.807) is 13.8 Å². The third kappa shape index (κ3) is 17.4. The summed E-state index contributed by atoms with van der Waals surface area (Å²) in [6, 6.07) is -13.2. The number of carbonyl (C=O) groups is 13. The van der Waals surface area contributed by atoms with Crippen molar-refractivity contribution in [2.24, 2.45) is 17.4 Å². The minimum Gasteiger partial charge on any atom is -0.481 e. The summed E-state index contributed by atoms with van der Waals surface area (Å²) in [5, 5.41) is 56.1. The molecule has 0 radical (unpaired) electrons. The SMILES string of the molecule is CC[C@H](C)[C@H](NC(=O)[C@H](CCC(=O)O)NC(=O)[C@H](CCC(N)=O)NC(=O)[C@@H]1CCCN1C(=O)[C@H](CC(N)=O)NC(=O)[C@@H]1CCCN1C(=O)[C@H](CC(=O)O)NC(=O)[C@@H](NC(=O)[C@@H]1CCCN1)[C@@H](C)O)C(=O)O. The molecule has 0 spiro atoms. The molecular formula is C43H67N11O17. The van der Waals surface area contributed by atoms with Gasteiger partial charge in [0.25, 0.3) is 0 Å². The molecule has 0 saturated carbocycles. The summed E-state index contributed by atoms with van der Waals surface area (Å²) >= 11 is 0. The fourth-order valence-corrected chi connectivity index (χ4v) is 8.45. The van der Waals surface area contributed by atoms with Crippen LogP contribution in [0, 0.1) is 5.92 Å². The summed E-state index contributed by atoms with van der Waals surface area (Å²) in [6.45, 7) is 4.74. The number of primary amides is 2. The molecule has 10 amide bonds. The van der Waals surface area contributed by atoms with Crippen molar-refractivity contribution < 1.29 is 82.8 Å². The molecule has 0 aromatic heterocycles. The van der Waals surface area contributed by atoms with Crippen LogP contribution >= 0.6 is 0 Å². The summed E-state index contributed by atoms with van der Waals surface area (Å²) in [7, 11) is 0. The van der Waals surface area contributed by atoms with Gasteiger partial charge in [-0.05, 0) is 70.8 Å². The van der Waals surface area contributed by atoms with Crippen LogP contribution in [-0.4, -0.2) is 187 Å². The minimum absolute atomic E-state index is 0.0204. The average molecular weight is 1010 g/mol. The quantitative estimate of drug-likeness (QED) is 0.0348. The van der Waals surface area contributed by atoms with Gasteiger partial charge >= 0.3 is 17.9 Å². The summed E-state index contributed by atoms with van der Waals surface area (Å²) in [4.78, 5) is 171. The van der Waals surface area contributed by atoms with Gasteiger partial charge in [0.2, 0.25) is 59.1 Å². The van der Waals surface area contributed by atoms with E-state index in [1.165, 1.54) is 6.92 Å². The number of nitrogens with one attached hydrogen (secondary N) is 7. The van der Waals surface area contributed by atoms with Gasteiger partial charge < -0.3 is 78.9 Å². The Morgan fingerprint density at radius 1 is 0.577 bits per heavy atom. The Kier molecular flexibility index (Phi) is 22.5. The highest BCUT2D eigenvalue weighted by molar-refractivity contribution is 6.00. The van der Waals surface area contributed by atoms with Crippen molar-refractivity contribution in [1.82, 2.24) is 47.0 Å². The normalized spacial score (nSPS) is 20.9. The van der Waals surface area contributed by atoms with Crippen LogP contribution in [-0.2, 0) is 62.3 Å². The number of likely N-dealkylation sites (tertiary alicyclic amines) is 2. The highest BCUT2D eigenvalue weighted by atomic mass is 16.4. The molecule has 3 saturated heterocycles. The van der Waals surface area contributed by atoms with Crippen LogP contribution in [0.3, 0.4) is 0 Å².